The Hall–Kier alpha value is -1.40. The number of carbonyl (C=O) groups excluding carboxylic acids is 2. The van der Waals surface area contributed by atoms with Gasteiger partial charge in [0.2, 0.25) is 0 Å². The van der Waals surface area contributed by atoms with E-state index in [9.17, 15) is 14.7 Å². The third-order valence-electron chi connectivity index (χ3n) is 3.25. The number of nitrogens with zero attached hydrogens (tertiary/aromatic N) is 1. The molecule has 1 aliphatic rings. The number of aliphatic hydroxyl groups excluding tert-OH is 1. The van der Waals surface area contributed by atoms with Crippen LogP contribution < -0.4 is 5.32 Å². The van der Waals surface area contributed by atoms with Crippen molar-refractivity contribution >= 4 is 33.4 Å². The first kappa shape index (κ1) is 15.0. The summed E-state index contributed by atoms with van der Waals surface area (Å²) in [6.45, 7) is 2.68. The van der Waals surface area contributed by atoms with Gasteiger partial charge in [-0.2, -0.15) is 0 Å². The van der Waals surface area contributed by atoms with Gasteiger partial charge in [-0.25, -0.2) is 0 Å². The Kier molecular flexibility index (Phi) is 4.77. The lowest BCUT2D eigenvalue weighted by Crippen LogP contribution is -2.46. The lowest BCUT2D eigenvalue weighted by molar-refractivity contribution is -0.145. The number of anilines is 1. The average Bonchev–Trinajstić information content (AvgIpc) is 2.41. The lowest BCUT2D eigenvalue weighted by Gasteiger charge is -2.29. The fourth-order valence-electron chi connectivity index (χ4n) is 2.18. The molecular weight excluding hydrogens is 324 g/mol. The van der Waals surface area contributed by atoms with Crippen LogP contribution in [0.25, 0.3) is 0 Å². The minimum atomic E-state index is -0.677. The summed E-state index contributed by atoms with van der Waals surface area (Å²) in [7, 11) is 0. The molecule has 1 heterocycles. The Morgan fingerprint density at radius 3 is 2.85 bits per heavy atom. The normalized spacial score (nSPS) is 18.8. The Labute approximate surface area is 126 Å². The molecule has 1 aromatic rings. The molecule has 20 heavy (non-hydrogen) atoms. The van der Waals surface area contributed by atoms with E-state index in [0.717, 1.165) is 10.0 Å². The lowest BCUT2D eigenvalue weighted by atomic mass is 10.1. The number of nitrogens with one attached hydrogen (secondary N) is 1. The van der Waals surface area contributed by atoms with E-state index >= 15 is 0 Å². The minimum absolute atomic E-state index is 0.224. The van der Waals surface area contributed by atoms with Gasteiger partial charge in [0.15, 0.2) is 0 Å². The van der Waals surface area contributed by atoms with E-state index in [1.807, 2.05) is 19.1 Å². The highest BCUT2D eigenvalue weighted by Gasteiger charge is 2.27. The summed E-state index contributed by atoms with van der Waals surface area (Å²) >= 11 is 3.35. The summed E-state index contributed by atoms with van der Waals surface area (Å²) in [4.78, 5) is 25.4. The van der Waals surface area contributed by atoms with Gasteiger partial charge >= 0.3 is 11.8 Å². The van der Waals surface area contributed by atoms with Crippen LogP contribution in [-0.2, 0) is 9.59 Å². The monoisotopic (exact) mass is 340 g/mol. The highest BCUT2D eigenvalue weighted by molar-refractivity contribution is 9.10. The molecule has 0 bridgehead atoms. The van der Waals surface area contributed by atoms with E-state index in [1.165, 1.54) is 4.90 Å². The summed E-state index contributed by atoms with van der Waals surface area (Å²) in [6.07, 6.45) is 0.857. The van der Waals surface area contributed by atoms with E-state index in [1.54, 1.807) is 6.07 Å². The van der Waals surface area contributed by atoms with E-state index in [2.05, 4.69) is 21.2 Å². The molecule has 0 spiro atoms. The first-order valence-electron chi connectivity index (χ1n) is 6.52. The van der Waals surface area contributed by atoms with E-state index < -0.39 is 17.9 Å². The van der Waals surface area contributed by atoms with Crippen molar-refractivity contribution in [2.24, 2.45) is 0 Å². The van der Waals surface area contributed by atoms with Crippen LogP contribution in [-0.4, -0.2) is 41.0 Å². The maximum atomic E-state index is 12.0. The SMILES string of the molecule is Cc1ccc(NC(=O)C(=O)N2CCCC(O)C2)c(Br)c1. The van der Waals surface area contributed by atoms with Crippen LogP contribution in [0.2, 0.25) is 0 Å². The van der Waals surface area contributed by atoms with Crippen LogP contribution in [0.5, 0.6) is 0 Å². The molecule has 1 aliphatic heterocycles. The van der Waals surface area contributed by atoms with Crippen molar-refractivity contribution in [2.45, 2.75) is 25.9 Å². The first-order valence-corrected chi connectivity index (χ1v) is 7.31. The average molecular weight is 341 g/mol. The second-order valence-electron chi connectivity index (χ2n) is 4.98. The van der Waals surface area contributed by atoms with Gasteiger partial charge < -0.3 is 15.3 Å². The molecule has 1 saturated heterocycles. The zero-order valence-electron chi connectivity index (χ0n) is 11.2. The number of amides is 2. The van der Waals surface area contributed by atoms with Gasteiger partial charge in [-0.3, -0.25) is 9.59 Å². The van der Waals surface area contributed by atoms with E-state index in [4.69, 9.17) is 0 Å². The number of halogens is 1. The number of rotatable bonds is 1. The zero-order chi connectivity index (χ0) is 14.7. The van der Waals surface area contributed by atoms with Gasteiger partial charge in [0.25, 0.3) is 0 Å². The molecule has 1 fully saturated rings. The van der Waals surface area contributed by atoms with Crippen LogP contribution in [0.15, 0.2) is 22.7 Å². The van der Waals surface area contributed by atoms with E-state index in [-0.39, 0.29) is 6.54 Å². The number of β-amino-alcohol motifs (C(OH)–C–C–N with tert-alkyl or cyclic N) is 1. The molecule has 0 radical (unpaired) electrons. The molecule has 1 atom stereocenters. The number of benzene rings is 1. The quantitative estimate of drug-likeness (QED) is 0.764. The molecule has 0 aromatic heterocycles. The molecule has 1 aromatic carbocycles. The van der Waals surface area contributed by atoms with Crippen molar-refractivity contribution in [3.05, 3.63) is 28.2 Å². The molecule has 2 N–H and O–H groups in total. The Bertz CT molecular complexity index is 533. The molecule has 0 saturated carbocycles. The van der Waals surface area contributed by atoms with Crippen molar-refractivity contribution in [2.75, 3.05) is 18.4 Å². The van der Waals surface area contributed by atoms with Gasteiger partial charge in [-0.05, 0) is 53.4 Å². The molecule has 2 rings (SSSR count). The number of carbonyl (C=O) groups is 2. The third kappa shape index (κ3) is 3.58. The van der Waals surface area contributed by atoms with Crippen molar-refractivity contribution in [1.29, 1.82) is 0 Å². The molecule has 1 unspecified atom stereocenters. The number of hydrogen-bond acceptors (Lipinski definition) is 3. The van der Waals surface area contributed by atoms with Crippen LogP contribution >= 0.6 is 15.9 Å². The molecule has 5 nitrogen and oxygen atoms in total. The summed E-state index contributed by atoms with van der Waals surface area (Å²) in [5.74, 6) is -1.28. The van der Waals surface area contributed by atoms with Crippen molar-refractivity contribution in [3.8, 4) is 0 Å². The van der Waals surface area contributed by atoms with Crippen LogP contribution in [0.3, 0.4) is 0 Å². The number of likely N-dealkylation sites (tertiary alicyclic amines) is 1. The van der Waals surface area contributed by atoms with Crippen LogP contribution in [0.4, 0.5) is 5.69 Å². The van der Waals surface area contributed by atoms with Gasteiger partial charge in [0.05, 0.1) is 11.8 Å². The summed E-state index contributed by atoms with van der Waals surface area (Å²) in [5, 5.41) is 12.1. The van der Waals surface area contributed by atoms with Gasteiger partial charge in [-0.1, -0.05) is 6.07 Å². The molecular formula is C14H17BrN2O3. The van der Waals surface area contributed by atoms with Crippen molar-refractivity contribution in [1.82, 2.24) is 4.90 Å². The number of aryl methyl sites for hydroxylation is 1. The van der Waals surface area contributed by atoms with Gasteiger partial charge in [0, 0.05) is 17.6 Å². The highest BCUT2D eigenvalue weighted by atomic mass is 79.9. The Morgan fingerprint density at radius 1 is 1.45 bits per heavy atom. The van der Waals surface area contributed by atoms with Gasteiger partial charge in [0.1, 0.15) is 0 Å². The Balaban J connectivity index is 2.02. The van der Waals surface area contributed by atoms with Crippen LogP contribution in [0.1, 0.15) is 18.4 Å². The number of aliphatic hydroxyl groups is 1. The van der Waals surface area contributed by atoms with Gasteiger partial charge in [-0.15, -0.1) is 0 Å². The second-order valence-corrected chi connectivity index (χ2v) is 5.84. The second kappa shape index (κ2) is 6.37. The molecule has 2 amide bonds. The maximum absolute atomic E-state index is 12.0. The molecule has 6 heteroatoms. The predicted octanol–water partition coefficient (Wildman–Crippen LogP) is 1.68. The molecule has 0 aliphatic carbocycles. The first-order chi connectivity index (χ1) is 9.47. The fraction of sp³-hybridized carbons (Fsp3) is 0.429. The minimum Gasteiger partial charge on any atom is -0.391 e. The predicted molar refractivity (Wildman–Crippen MR) is 79.3 cm³/mol. The van der Waals surface area contributed by atoms with Crippen molar-refractivity contribution < 1.29 is 14.7 Å². The fourth-order valence-corrected chi connectivity index (χ4v) is 2.77. The maximum Gasteiger partial charge on any atom is 0.313 e. The Morgan fingerprint density at radius 2 is 2.20 bits per heavy atom. The summed E-state index contributed by atoms with van der Waals surface area (Å²) < 4.78 is 0.734. The molecule has 108 valence electrons. The third-order valence-corrected chi connectivity index (χ3v) is 3.91. The summed E-state index contributed by atoms with van der Waals surface area (Å²) in [6, 6.07) is 5.47. The highest BCUT2D eigenvalue weighted by Crippen LogP contribution is 2.23. The van der Waals surface area contributed by atoms with Crippen LogP contribution in [0, 0.1) is 6.92 Å². The number of piperidine rings is 1. The standard InChI is InChI=1S/C14H17BrN2O3/c1-9-4-5-12(11(15)7-9)16-13(19)14(20)17-6-2-3-10(18)8-17/h4-5,7,10,18H,2-3,6,8H2,1H3,(H,16,19). The topological polar surface area (TPSA) is 69.6 Å². The number of hydrogen-bond donors (Lipinski definition) is 2. The van der Waals surface area contributed by atoms with E-state index in [0.29, 0.717) is 25.1 Å². The largest absolute Gasteiger partial charge is 0.391 e. The summed E-state index contributed by atoms with van der Waals surface area (Å²) in [5.41, 5.74) is 1.62. The van der Waals surface area contributed by atoms with Crippen molar-refractivity contribution in [3.63, 3.8) is 0 Å². The zero-order valence-corrected chi connectivity index (χ0v) is 12.8. The smallest absolute Gasteiger partial charge is 0.313 e.